The highest BCUT2D eigenvalue weighted by Crippen LogP contribution is 2.40. The van der Waals surface area contributed by atoms with Gasteiger partial charge < -0.3 is 15.8 Å². The first-order valence-electron chi connectivity index (χ1n) is 10.5. The highest BCUT2D eigenvalue weighted by Gasteiger charge is 2.32. The Bertz CT molecular complexity index is 783. The molecule has 3 rings (SSSR count). The number of carbonyl (C=O) groups excluding carboxylic acids is 3. The summed E-state index contributed by atoms with van der Waals surface area (Å²) < 4.78 is 5.27. The molecule has 2 heterocycles. The van der Waals surface area contributed by atoms with E-state index in [9.17, 15) is 14.4 Å². The summed E-state index contributed by atoms with van der Waals surface area (Å²) in [6.45, 7) is 7.48. The van der Waals surface area contributed by atoms with Crippen LogP contribution in [0.25, 0.3) is 0 Å². The molecule has 2 atom stereocenters. The normalized spacial score (nSPS) is 21.3. The number of amides is 2. The van der Waals surface area contributed by atoms with Crippen LogP contribution in [0, 0.1) is 11.8 Å². The molecule has 8 heteroatoms. The van der Waals surface area contributed by atoms with Crippen molar-refractivity contribution < 1.29 is 19.1 Å². The van der Waals surface area contributed by atoms with Crippen molar-refractivity contribution in [3.63, 3.8) is 0 Å². The second kappa shape index (κ2) is 9.26. The molecule has 0 radical (unpaired) electrons. The maximum absolute atomic E-state index is 12.9. The number of rotatable bonds is 6. The quantitative estimate of drug-likeness (QED) is 0.688. The van der Waals surface area contributed by atoms with E-state index in [1.165, 1.54) is 16.2 Å². The Morgan fingerprint density at radius 2 is 1.97 bits per heavy atom. The third kappa shape index (κ3) is 4.80. The van der Waals surface area contributed by atoms with Crippen molar-refractivity contribution >= 4 is 34.1 Å². The SMILES string of the molecule is CCOC(=O)c1c(NC(=O)[C@@H](C)N2CCC(C(N)=O)CC2)sc2c1CC[C@@H](C)C2. The topological polar surface area (TPSA) is 102 Å². The van der Waals surface area contributed by atoms with Crippen molar-refractivity contribution in [2.75, 3.05) is 25.0 Å². The van der Waals surface area contributed by atoms with Crippen molar-refractivity contribution in [1.29, 1.82) is 0 Å². The molecule has 0 spiro atoms. The summed E-state index contributed by atoms with van der Waals surface area (Å²) in [6, 6.07) is -0.350. The van der Waals surface area contributed by atoms with Crippen LogP contribution in [-0.2, 0) is 27.2 Å². The molecule has 0 bridgehead atoms. The van der Waals surface area contributed by atoms with E-state index in [1.54, 1.807) is 6.92 Å². The van der Waals surface area contributed by atoms with Gasteiger partial charge in [0.15, 0.2) is 0 Å². The summed E-state index contributed by atoms with van der Waals surface area (Å²) in [5.74, 6) is -0.295. The molecule has 1 aliphatic heterocycles. The molecule has 29 heavy (non-hydrogen) atoms. The average Bonchev–Trinajstić information content (AvgIpc) is 3.04. The van der Waals surface area contributed by atoms with Crippen molar-refractivity contribution in [2.45, 2.75) is 58.9 Å². The molecule has 0 aromatic carbocycles. The van der Waals surface area contributed by atoms with Gasteiger partial charge in [-0.1, -0.05) is 6.92 Å². The fraction of sp³-hybridized carbons (Fsp3) is 0.667. The lowest BCUT2D eigenvalue weighted by Gasteiger charge is -2.34. The van der Waals surface area contributed by atoms with Gasteiger partial charge in [0, 0.05) is 10.8 Å². The number of fused-ring (bicyclic) bond motifs is 1. The van der Waals surface area contributed by atoms with Gasteiger partial charge in [-0.3, -0.25) is 14.5 Å². The first kappa shape index (κ1) is 21.8. The largest absolute Gasteiger partial charge is 0.462 e. The number of nitrogens with two attached hydrogens (primary N) is 1. The van der Waals surface area contributed by atoms with Crippen LogP contribution in [0.15, 0.2) is 0 Å². The third-order valence-electron chi connectivity index (χ3n) is 6.09. The van der Waals surface area contributed by atoms with Gasteiger partial charge in [-0.15, -0.1) is 11.3 Å². The monoisotopic (exact) mass is 421 g/mol. The number of nitrogens with one attached hydrogen (secondary N) is 1. The Morgan fingerprint density at radius 3 is 2.59 bits per heavy atom. The standard InChI is InChI=1S/C21H31N3O4S/c1-4-28-21(27)17-15-6-5-12(2)11-16(15)29-20(17)23-19(26)13(3)24-9-7-14(8-10-24)18(22)25/h12-14H,4-11H2,1-3H3,(H2,22,25)(H,23,26)/t12-,13-/m1/s1. The summed E-state index contributed by atoms with van der Waals surface area (Å²) in [5, 5.41) is 3.60. The van der Waals surface area contributed by atoms with E-state index in [0.717, 1.165) is 24.8 Å². The molecular formula is C21H31N3O4S. The minimum atomic E-state index is -0.357. The van der Waals surface area contributed by atoms with E-state index < -0.39 is 0 Å². The molecule has 1 aliphatic carbocycles. The van der Waals surface area contributed by atoms with Gasteiger partial charge in [-0.25, -0.2) is 4.79 Å². The molecule has 1 aromatic heterocycles. The fourth-order valence-corrected chi connectivity index (χ4v) is 5.61. The smallest absolute Gasteiger partial charge is 0.341 e. The molecule has 0 unspecified atom stereocenters. The van der Waals surface area contributed by atoms with Crippen LogP contribution < -0.4 is 11.1 Å². The van der Waals surface area contributed by atoms with Crippen LogP contribution >= 0.6 is 11.3 Å². The average molecular weight is 422 g/mol. The van der Waals surface area contributed by atoms with E-state index in [1.807, 2.05) is 6.92 Å². The molecule has 1 fully saturated rings. The maximum Gasteiger partial charge on any atom is 0.341 e. The van der Waals surface area contributed by atoms with Crippen LogP contribution in [-0.4, -0.2) is 48.4 Å². The first-order valence-corrected chi connectivity index (χ1v) is 11.3. The second-order valence-corrected chi connectivity index (χ2v) is 9.26. The number of hydrogen-bond donors (Lipinski definition) is 2. The van der Waals surface area contributed by atoms with Gasteiger partial charge in [0.25, 0.3) is 0 Å². The molecule has 0 saturated carbocycles. The third-order valence-corrected chi connectivity index (χ3v) is 7.26. The molecule has 2 amide bonds. The second-order valence-electron chi connectivity index (χ2n) is 8.15. The highest BCUT2D eigenvalue weighted by atomic mass is 32.1. The van der Waals surface area contributed by atoms with Gasteiger partial charge in [-0.05, 0) is 70.5 Å². The fourth-order valence-electron chi connectivity index (χ4n) is 4.21. The lowest BCUT2D eigenvalue weighted by molar-refractivity contribution is -0.124. The van der Waals surface area contributed by atoms with Gasteiger partial charge in [0.05, 0.1) is 18.2 Å². The van der Waals surface area contributed by atoms with Crippen LogP contribution in [0.5, 0.6) is 0 Å². The lowest BCUT2D eigenvalue weighted by Crippen LogP contribution is -2.47. The Kier molecular flexibility index (Phi) is 6.95. The molecule has 160 valence electrons. The number of hydrogen-bond acceptors (Lipinski definition) is 6. The molecule has 1 aromatic rings. The zero-order chi connectivity index (χ0) is 21.1. The summed E-state index contributed by atoms with van der Waals surface area (Å²) in [6.07, 6.45) is 4.15. The van der Waals surface area contributed by atoms with E-state index >= 15 is 0 Å². The van der Waals surface area contributed by atoms with Gasteiger partial charge >= 0.3 is 5.97 Å². The molecule has 3 N–H and O–H groups in total. The van der Waals surface area contributed by atoms with Crippen LogP contribution in [0.1, 0.15) is 60.8 Å². The van der Waals surface area contributed by atoms with Crippen molar-refractivity contribution in [2.24, 2.45) is 17.6 Å². The van der Waals surface area contributed by atoms with E-state index in [2.05, 4.69) is 17.1 Å². The van der Waals surface area contributed by atoms with E-state index in [0.29, 0.717) is 49.0 Å². The molecular weight excluding hydrogens is 390 g/mol. The van der Waals surface area contributed by atoms with Crippen LogP contribution in [0.2, 0.25) is 0 Å². The molecule has 1 saturated heterocycles. The maximum atomic E-state index is 12.9. The Balaban J connectivity index is 1.74. The Labute approximate surface area is 176 Å². The minimum Gasteiger partial charge on any atom is -0.462 e. The van der Waals surface area contributed by atoms with Crippen molar-refractivity contribution in [3.8, 4) is 0 Å². The van der Waals surface area contributed by atoms with Crippen molar-refractivity contribution in [3.05, 3.63) is 16.0 Å². The van der Waals surface area contributed by atoms with Crippen molar-refractivity contribution in [1.82, 2.24) is 4.90 Å². The summed E-state index contributed by atoms with van der Waals surface area (Å²) in [7, 11) is 0. The predicted molar refractivity (Wildman–Crippen MR) is 113 cm³/mol. The van der Waals surface area contributed by atoms with E-state index in [-0.39, 0.29) is 29.7 Å². The zero-order valence-corrected chi connectivity index (χ0v) is 18.3. The number of primary amides is 1. The number of piperidine rings is 1. The Morgan fingerprint density at radius 1 is 1.28 bits per heavy atom. The lowest BCUT2D eigenvalue weighted by atomic mass is 9.88. The molecule has 7 nitrogen and oxygen atoms in total. The summed E-state index contributed by atoms with van der Waals surface area (Å²) in [4.78, 5) is 40.2. The highest BCUT2D eigenvalue weighted by molar-refractivity contribution is 7.17. The van der Waals surface area contributed by atoms with Gasteiger partial charge in [0.1, 0.15) is 5.00 Å². The zero-order valence-electron chi connectivity index (χ0n) is 17.5. The number of anilines is 1. The van der Waals surface area contributed by atoms with E-state index in [4.69, 9.17) is 10.5 Å². The summed E-state index contributed by atoms with van der Waals surface area (Å²) >= 11 is 1.50. The van der Waals surface area contributed by atoms with Gasteiger partial charge in [0.2, 0.25) is 11.8 Å². The number of nitrogens with zero attached hydrogens (tertiary/aromatic N) is 1. The minimum absolute atomic E-state index is 0.108. The number of thiophene rings is 1. The predicted octanol–water partition coefficient (Wildman–Crippen LogP) is 2.57. The van der Waals surface area contributed by atoms with Crippen LogP contribution in [0.3, 0.4) is 0 Å². The number of likely N-dealkylation sites (tertiary alicyclic amines) is 1. The number of esters is 1. The molecule has 2 aliphatic rings. The summed E-state index contributed by atoms with van der Waals surface area (Å²) in [5.41, 5.74) is 6.97. The first-order chi connectivity index (χ1) is 13.8. The number of ether oxygens (including phenoxy) is 1. The Hall–Kier alpha value is -1.93. The number of carbonyl (C=O) groups is 3. The van der Waals surface area contributed by atoms with Crippen LogP contribution in [0.4, 0.5) is 5.00 Å². The van der Waals surface area contributed by atoms with Gasteiger partial charge in [-0.2, -0.15) is 0 Å².